The number of piperidine rings is 1. The molecule has 1 unspecified atom stereocenters. The molecule has 0 aliphatic carbocycles. The van der Waals surface area contributed by atoms with Gasteiger partial charge in [0.05, 0.1) is 11.8 Å². The zero-order valence-corrected chi connectivity index (χ0v) is 9.90. The van der Waals surface area contributed by atoms with E-state index in [1.807, 2.05) is 0 Å². The highest BCUT2D eigenvalue weighted by Crippen LogP contribution is 2.29. The summed E-state index contributed by atoms with van der Waals surface area (Å²) >= 11 is 0. The summed E-state index contributed by atoms with van der Waals surface area (Å²) in [5.74, 6) is 1.16. The molecule has 1 atom stereocenters. The Morgan fingerprint density at radius 1 is 1.69 bits per heavy atom. The SMILES string of the molecule is CCN1CCCC(c2oncc2C(C)=O)C1. The fraction of sp³-hybridized carbons (Fsp3) is 0.667. The monoisotopic (exact) mass is 222 g/mol. The number of nitrogens with zero attached hydrogens (tertiary/aromatic N) is 2. The highest BCUT2D eigenvalue weighted by Gasteiger charge is 2.26. The van der Waals surface area contributed by atoms with E-state index in [9.17, 15) is 4.79 Å². The van der Waals surface area contributed by atoms with Gasteiger partial charge in [0, 0.05) is 12.5 Å². The van der Waals surface area contributed by atoms with E-state index in [-0.39, 0.29) is 5.78 Å². The molecular weight excluding hydrogens is 204 g/mol. The number of ketones is 1. The number of hydrogen-bond donors (Lipinski definition) is 0. The molecule has 0 amide bonds. The smallest absolute Gasteiger partial charge is 0.165 e. The molecule has 1 aromatic heterocycles. The minimum atomic E-state index is 0.0462. The fourth-order valence-corrected chi connectivity index (χ4v) is 2.36. The molecule has 0 bridgehead atoms. The Morgan fingerprint density at radius 2 is 2.50 bits per heavy atom. The van der Waals surface area contributed by atoms with Crippen LogP contribution in [0.15, 0.2) is 10.7 Å². The molecule has 4 nitrogen and oxygen atoms in total. The van der Waals surface area contributed by atoms with Gasteiger partial charge in [0.25, 0.3) is 0 Å². The molecule has 0 N–H and O–H groups in total. The van der Waals surface area contributed by atoms with E-state index in [0.29, 0.717) is 11.5 Å². The van der Waals surface area contributed by atoms with Gasteiger partial charge in [0.1, 0.15) is 0 Å². The van der Waals surface area contributed by atoms with Crippen molar-refractivity contribution in [2.24, 2.45) is 0 Å². The molecule has 2 rings (SSSR count). The molecule has 4 heteroatoms. The molecule has 2 heterocycles. The predicted octanol–water partition coefficient (Wildman–Crippen LogP) is 2.08. The Morgan fingerprint density at radius 3 is 3.19 bits per heavy atom. The van der Waals surface area contributed by atoms with Crippen LogP contribution in [0.3, 0.4) is 0 Å². The molecule has 0 spiro atoms. The minimum Gasteiger partial charge on any atom is -0.360 e. The first-order valence-electron chi connectivity index (χ1n) is 5.90. The molecule has 0 aromatic carbocycles. The third-order valence-electron chi connectivity index (χ3n) is 3.30. The summed E-state index contributed by atoms with van der Waals surface area (Å²) in [5.41, 5.74) is 0.656. The summed E-state index contributed by atoms with van der Waals surface area (Å²) < 4.78 is 5.26. The summed E-state index contributed by atoms with van der Waals surface area (Å²) in [6.45, 7) is 6.91. The highest BCUT2D eigenvalue weighted by atomic mass is 16.5. The maximum Gasteiger partial charge on any atom is 0.165 e. The molecule has 1 fully saturated rings. The second kappa shape index (κ2) is 4.78. The Balaban J connectivity index is 2.16. The van der Waals surface area contributed by atoms with Crippen molar-refractivity contribution < 1.29 is 9.32 Å². The maximum atomic E-state index is 11.4. The number of carbonyl (C=O) groups excluding carboxylic acids is 1. The van der Waals surface area contributed by atoms with Crippen molar-refractivity contribution in [1.82, 2.24) is 10.1 Å². The summed E-state index contributed by atoms with van der Waals surface area (Å²) in [6, 6.07) is 0. The quantitative estimate of drug-likeness (QED) is 0.734. The van der Waals surface area contributed by atoms with E-state index in [2.05, 4.69) is 17.0 Å². The van der Waals surface area contributed by atoms with Crippen molar-refractivity contribution in [1.29, 1.82) is 0 Å². The third-order valence-corrected chi connectivity index (χ3v) is 3.30. The van der Waals surface area contributed by atoms with Crippen LogP contribution in [0.5, 0.6) is 0 Å². The van der Waals surface area contributed by atoms with Crippen molar-refractivity contribution in [3.05, 3.63) is 17.5 Å². The van der Waals surface area contributed by atoms with Crippen LogP contribution in [-0.2, 0) is 0 Å². The second-order valence-corrected chi connectivity index (χ2v) is 4.39. The third kappa shape index (κ3) is 2.16. The normalized spacial score (nSPS) is 22.2. The highest BCUT2D eigenvalue weighted by molar-refractivity contribution is 5.94. The number of carbonyl (C=O) groups is 1. The van der Waals surface area contributed by atoms with Gasteiger partial charge in [-0.25, -0.2) is 0 Å². The lowest BCUT2D eigenvalue weighted by Gasteiger charge is -2.30. The van der Waals surface area contributed by atoms with Gasteiger partial charge in [-0.05, 0) is 32.9 Å². The Bertz CT molecular complexity index is 373. The average molecular weight is 222 g/mol. The van der Waals surface area contributed by atoms with Crippen molar-refractivity contribution in [3.8, 4) is 0 Å². The molecular formula is C12H18N2O2. The topological polar surface area (TPSA) is 46.3 Å². The van der Waals surface area contributed by atoms with E-state index in [4.69, 9.17) is 4.52 Å². The number of likely N-dealkylation sites (tertiary alicyclic amines) is 1. The Labute approximate surface area is 95.6 Å². The maximum absolute atomic E-state index is 11.4. The molecule has 88 valence electrons. The lowest BCUT2D eigenvalue weighted by molar-refractivity contribution is 0.101. The fourth-order valence-electron chi connectivity index (χ4n) is 2.36. The summed E-state index contributed by atoms with van der Waals surface area (Å²) in [5, 5.41) is 3.76. The van der Waals surface area contributed by atoms with Crippen LogP contribution >= 0.6 is 0 Å². The first-order valence-corrected chi connectivity index (χ1v) is 5.90. The number of aromatic nitrogens is 1. The Kier molecular flexibility index (Phi) is 3.39. The number of rotatable bonds is 3. The zero-order chi connectivity index (χ0) is 11.5. The van der Waals surface area contributed by atoms with Gasteiger partial charge in [0.15, 0.2) is 11.5 Å². The van der Waals surface area contributed by atoms with Crippen LogP contribution in [0.2, 0.25) is 0 Å². The summed E-state index contributed by atoms with van der Waals surface area (Å²) in [6.07, 6.45) is 3.80. The average Bonchev–Trinajstić information content (AvgIpc) is 2.78. The van der Waals surface area contributed by atoms with Crippen LogP contribution in [0.25, 0.3) is 0 Å². The van der Waals surface area contributed by atoms with Crippen LogP contribution in [0.1, 0.15) is 48.7 Å². The van der Waals surface area contributed by atoms with Gasteiger partial charge in [-0.1, -0.05) is 12.1 Å². The van der Waals surface area contributed by atoms with Crippen LogP contribution in [0, 0.1) is 0 Å². The van der Waals surface area contributed by atoms with E-state index in [1.165, 1.54) is 0 Å². The van der Waals surface area contributed by atoms with Gasteiger partial charge < -0.3 is 9.42 Å². The molecule has 1 aliphatic heterocycles. The van der Waals surface area contributed by atoms with Crippen LogP contribution < -0.4 is 0 Å². The molecule has 1 aliphatic rings. The molecule has 0 radical (unpaired) electrons. The minimum absolute atomic E-state index is 0.0462. The zero-order valence-electron chi connectivity index (χ0n) is 9.90. The first-order chi connectivity index (χ1) is 7.72. The van der Waals surface area contributed by atoms with E-state index < -0.39 is 0 Å². The Hall–Kier alpha value is -1.16. The van der Waals surface area contributed by atoms with Crippen LogP contribution in [-0.4, -0.2) is 35.5 Å². The predicted molar refractivity (Wildman–Crippen MR) is 60.6 cm³/mol. The van der Waals surface area contributed by atoms with Gasteiger partial charge in [-0.15, -0.1) is 0 Å². The number of Topliss-reactive ketones (excluding diaryl/α,β-unsaturated/α-hetero) is 1. The molecule has 16 heavy (non-hydrogen) atoms. The van der Waals surface area contributed by atoms with Crippen molar-refractivity contribution in [2.45, 2.75) is 32.6 Å². The molecule has 1 saturated heterocycles. The van der Waals surface area contributed by atoms with E-state index in [0.717, 1.165) is 38.2 Å². The summed E-state index contributed by atoms with van der Waals surface area (Å²) in [4.78, 5) is 13.8. The van der Waals surface area contributed by atoms with Gasteiger partial charge in [-0.2, -0.15) is 0 Å². The van der Waals surface area contributed by atoms with Gasteiger partial charge >= 0.3 is 0 Å². The van der Waals surface area contributed by atoms with Crippen LogP contribution in [0.4, 0.5) is 0 Å². The van der Waals surface area contributed by atoms with Gasteiger partial charge in [0.2, 0.25) is 0 Å². The van der Waals surface area contributed by atoms with Crippen molar-refractivity contribution in [2.75, 3.05) is 19.6 Å². The molecule has 0 saturated carbocycles. The van der Waals surface area contributed by atoms with Gasteiger partial charge in [-0.3, -0.25) is 4.79 Å². The standard InChI is InChI=1S/C12H18N2O2/c1-3-14-6-4-5-10(8-14)12-11(9(2)15)7-13-16-12/h7,10H,3-6,8H2,1-2H3. The molecule has 1 aromatic rings. The first kappa shape index (κ1) is 11.3. The van der Waals surface area contributed by atoms with Crippen molar-refractivity contribution in [3.63, 3.8) is 0 Å². The largest absolute Gasteiger partial charge is 0.360 e. The number of likely N-dealkylation sites (N-methyl/N-ethyl adjacent to an activating group) is 1. The second-order valence-electron chi connectivity index (χ2n) is 4.39. The van der Waals surface area contributed by atoms with E-state index in [1.54, 1.807) is 13.1 Å². The van der Waals surface area contributed by atoms with Crippen molar-refractivity contribution >= 4 is 5.78 Å². The number of hydrogen-bond acceptors (Lipinski definition) is 4. The van der Waals surface area contributed by atoms with E-state index >= 15 is 0 Å². The lowest BCUT2D eigenvalue weighted by atomic mass is 9.92. The summed E-state index contributed by atoms with van der Waals surface area (Å²) in [7, 11) is 0. The lowest BCUT2D eigenvalue weighted by Crippen LogP contribution is -2.34.